The molecular weight excluding hydrogens is 208 g/mol. The van der Waals surface area contributed by atoms with E-state index in [9.17, 15) is 13.6 Å². The lowest BCUT2D eigenvalue weighted by atomic mass is 10.3. The Kier molecular flexibility index (Phi) is 2.37. The zero-order valence-electron chi connectivity index (χ0n) is 7.73. The summed E-state index contributed by atoms with van der Waals surface area (Å²) in [6.45, 7) is 0.333. The molecule has 0 bridgehead atoms. The number of nitrogens with zero attached hydrogens (tertiary/aromatic N) is 3. The maximum absolute atomic E-state index is 12.6. The third kappa shape index (κ3) is 1.95. The molecule has 0 spiro atoms. The minimum Gasteiger partial charge on any atom is -0.476 e. The van der Waals surface area contributed by atoms with Crippen LogP contribution in [-0.4, -0.2) is 26.1 Å². The van der Waals surface area contributed by atoms with Gasteiger partial charge in [-0.3, -0.25) is 0 Å². The van der Waals surface area contributed by atoms with Crippen LogP contribution in [0.15, 0.2) is 0 Å². The van der Waals surface area contributed by atoms with Crippen molar-refractivity contribution < 1.29 is 18.7 Å². The van der Waals surface area contributed by atoms with E-state index in [-0.39, 0.29) is 0 Å². The van der Waals surface area contributed by atoms with Gasteiger partial charge in [-0.05, 0) is 18.8 Å². The van der Waals surface area contributed by atoms with Crippen LogP contribution in [0.4, 0.5) is 8.78 Å². The molecule has 0 aromatic carbocycles. The summed E-state index contributed by atoms with van der Waals surface area (Å²) >= 11 is 0. The Balaban J connectivity index is 2.31. The molecule has 7 heteroatoms. The first-order valence-corrected chi connectivity index (χ1v) is 4.54. The highest BCUT2D eigenvalue weighted by molar-refractivity contribution is 5.86. The minimum atomic E-state index is -2.86. The second-order valence-corrected chi connectivity index (χ2v) is 3.55. The molecule has 0 radical (unpaired) electrons. The summed E-state index contributed by atoms with van der Waals surface area (Å²) in [6.07, 6.45) is -0.902. The number of hydrogen-bond donors (Lipinski definition) is 1. The van der Waals surface area contributed by atoms with E-state index in [2.05, 4.69) is 10.3 Å². The molecule has 15 heavy (non-hydrogen) atoms. The Morgan fingerprint density at radius 3 is 2.73 bits per heavy atom. The first-order valence-electron chi connectivity index (χ1n) is 4.54. The maximum Gasteiger partial charge on any atom is 0.358 e. The molecule has 0 atom stereocenters. The lowest BCUT2D eigenvalue weighted by molar-refractivity contribution is 0.0675. The number of aromatic nitrogens is 3. The fourth-order valence-corrected chi connectivity index (χ4v) is 1.37. The monoisotopic (exact) mass is 217 g/mol. The third-order valence-electron chi connectivity index (χ3n) is 2.31. The molecule has 1 fully saturated rings. The van der Waals surface area contributed by atoms with Gasteiger partial charge >= 0.3 is 5.97 Å². The van der Waals surface area contributed by atoms with Crippen LogP contribution in [0, 0.1) is 5.92 Å². The lowest BCUT2D eigenvalue weighted by Gasteiger charge is -2.04. The average molecular weight is 217 g/mol. The van der Waals surface area contributed by atoms with Gasteiger partial charge in [0.05, 0.1) is 0 Å². The van der Waals surface area contributed by atoms with E-state index in [1.54, 1.807) is 0 Å². The molecule has 0 amide bonds. The van der Waals surface area contributed by atoms with E-state index in [0.29, 0.717) is 12.5 Å². The van der Waals surface area contributed by atoms with Gasteiger partial charge in [0.25, 0.3) is 6.43 Å². The van der Waals surface area contributed by atoms with Crippen molar-refractivity contribution in [2.45, 2.75) is 25.8 Å². The van der Waals surface area contributed by atoms with Crippen LogP contribution < -0.4 is 0 Å². The van der Waals surface area contributed by atoms with Crippen LogP contribution in [0.3, 0.4) is 0 Å². The lowest BCUT2D eigenvalue weighted by Crippen LogP contribution is -2.10. The molecule has 2 rings (SSSR count). The number of rotatable bonds is 4. The van der Waals surface area contributed by atoms with Crippen molar-refractivity contribution in [3.05, 3.63) is 11.4 Å². The van der Waals surface area contributed by atoms with E-state index < -0.39 is 23.8 Å². The normalized spacial score (nSPS) is 15.9. The largest absolute Gasteiger partial charge is 0.476 e. The van der Waals surface area contributed by atoms with Crippen LogP contribution in [0.5, 0.6) is 0 Å². The van der Waals surface area contributed by atoms with Crippen molar-refractivity contribution in [2.24, 2.45) is 5.92 Å². The standard InChI is InChI=1S/C8H9F2N3O2/c9-7(10)6-5(8(14)15)11-12-13(6)3-4-1-2-4/h4,7H,1-3H2,(H,14,15). The Bertz CT molecular complexity index is 387. The van der Waals surface area contributed by atoms with Crippen molar-refractivity contribution in [2.75, 3.05) is 0 Å². The Morgan fingerprint density at radius 1 is 1.60 bits per heavy atom. The van der Waals surface area contributed by atoms with E-state index in [4.69, 9.17) is 5.11 Å². The first kappa shape index (κ1) is 10.0. The molecule has 1 aliphatic rings. The van der Waals surface area contributed by atoms with Crippen molar-refractivity contribution in [1.29, 1.82) is 0 Å². The Morgan fingerprint density at radius 2 is 2.27 bits per heavy atom. The van der Waals surface area contributed by atoms with Crippen LogP contribution in [0.25, 0.3) is 0 Å². The molecule has 1 aromatic rings. The molecule has 1 aliphatic carbocycles. The van der Waals surface area contributed by atoms with Gasteiger partial charge < -0.3 is 5.11 Å². The van der Waals surface area contributed by atoms with Crippen molar-refractivity contribution in [3.8, 4) is 0 Å². The zero-order chi connectivity index (χ0) is 11.0. The molecule has 1 saturated carbocycles. The number of alkyl halides is 2. The van der Waals surface area contributed by atoms with E-state index >= 15 is 0 Å². The van der Waals surface area contributed by atoms with Crippen molar-refractivity contribution in [3.63, 3.8) is 0 Å². The second-order valence-electron chi connectivity index (χ2n) is 3.55. The predicted molar refractivity (Wildman–Crippen MR) is 44.7 cm³/mol. The number of halogens is 2. The SMILES string of the molecule is O=C(O)c1nnn(CC2CC2)c1C(F)F. The smallest absolute Gasteiger partial charge is 0.358 e. The van der Waals surface area contributed by atoms with Crippen LogP contribution in [-0.2, 0) is 6.54 Å². The molecule has 1 heterocycles. The highest BCUT2D eigenvalue weighted by atomic mass is 19.3. The Labute approximate surface area is 83.7 Å². The molecular formula is C8H9F2N3O2. The summed E-state index contributed by atoms with van der Waals surface area (Å²) in [5.74, 6) is -1.13. The third-order valence-corrected chi connectivity index (χ3v) is 2.31. The van der Waals surface area contributed by atoms with Crippen molar-refractivity contribution >= 4 is 5.97 Å². The Hall–Kier alpha value is -1.53. The van der Waals surface area contributed by atoms with Gasteiger partial charge in [-0.1, -0.05) is 5.21 Å². The van der Waals surface area contributed by atoms with E-state index in [1.165, 1.54) is 0 Å². The summed E-state index contributed by atoms with van der Waals surface area (Å²) in [7, 11) is 0. The van der Waals surface area contributed by atoms with E-state index in [0.717, 1.165) is 17.5 Å². The minimum absolute atomic E-state index is 0.333. The zero-order valence-corrected chi connectivity index (χ0v) is 7.73. The quantitative estimate of drug-likeness (QED) is 0.825. The molecule has 82 valence electrons. The number of aromatic carboxylic acids is 1. The van der Waals surface area contributed by atoms with Gasteiger partial charge in [0.1, 0.15) is 5.69 Å². The van der Waals surface area contributed by atoms with Gasteiger partial charge in [0, 0.05) is 6.54 Å². The number of hydrogen-bond acceptors (Lipinski definition) is 3. The summed E-state index contributed by atoms with van der Waals surface area (Å²) in [5, 5.41) is 15.3. The van der Waals surface area contributed by atoms with Crippen LogP contribution in [0.2, 0.25) is 0 Å². The predicted octanol–water partition coefficient (Wildman–Crippen LogP) is 1.32. The molecule has 5 nitrogen and oxygen atoms in total. The summed E-state index contributed by atoms with van der Waals surface area (Å²) in [5.41, 5.74) is -1.24. The van der Waals surface area contributed by atoms with Gasteiger partial charge in [-0.2, -0.15) is 0 Å². The van der Waals surface area contributed by atoms with Gasteiger partial charge in [0.15, 0.2) is 5.69 Å². The fraction of sp³-hybridized carbons (Fsp3) is 0.625. The van der Waals surface area contributed by atoms with E-state index in [1.807, 2.05) is 0 Å². The van der Waals surface area contributed by atoms with Gasteiger partial charge in [-0.25, -0.2) is 18.3 Å². The molecule has 0 unspecified atom stereocenters. The number of carboxylic acids is 1. The fourth-order valence-electron chi connectivity index (χ4n) is 1.37. The van der Waals surface area contributed by atoms with Crippen molar-refractivity contribution in [1.82, 2.24) is 15.0 Å². The average Bonchev–Trinajstić information content (AvgIpc) is 2.82. The van der Waals surface area contributed by atoms with Crippen LogP contribution in [0.1, 0.15) is 35.4 Å². The number of carboxylic acid groups (broad SMARTS) is 1. The highest BCUT2D eigenvalue weighted by Crippen LogP contribution is 2.32. The molecule has 0 aliphatic heterocycles. The topological polar surface area (TPSA) is 68.0 Å². The molecule has 1 aromatic heterocycles. The second kappa shape index (κ2) is 3.56. The molecule has 1 N–H and O–H groups in total. The summed E-state index contributed by atoms with van der Waals surface area (Å²) in [4.78, 5) is 10.6. The van der Waals surface area contributed by atoms with Gasteiger partial charge in [-0.15, -0.1) is 5.10 Å². The molecule has 0 saturated heterocycles. The van der Waals surface area contributed by atoms with Gasteiger partial charge in [0.2, 0.25) is 0 Å². The first-order chi connectivity index (χ1) is 7.09. The summed E-state index contributed by atoms with van der Waals surface area (Å²) < 4.78 is 26.2. The highest BCUT2D eigenvalue weighted by Gasteiger charge is 2.30. The van der Waals surface area contributed by atoms with Crippen LogP contribution >= 0.6 is 0 Å². The number of carbonyl (C=O) groups is 1. The maximum atomic E-state index is 12.6. The summed E-state index contributed by atoms with van der Waals surface area (Å²) in [6, 6.07) is 0.